The van der Waals surface area contributed by atoms with Crippen LogP contribution in [0, 0.1) is 5.92 Å². The molecule has 11 nitrogen and oxygen atoms in total. The number of allylic oxidation sites excluding steroid dienone is 9. The van der Waals surface area contributed by atoms with E-state index in [-0.39, 0.29) is 25.6 Å². The van der Waals surface area contributed by atoms with Gasteiger partial charge in [-0.15, -0.1) is 0 Å². The Morgan fingerprint density at radius 2 is 1.29 bits per heavy atom. The fourth-order valence-corrected chi connectivity index (χ4v) is 5.21. The highest BCUT2D eigenvalue weighted by molar-refractivity contribution is 7.47. The Morgan fingerprint density at radius 1 is 0.706 bits per heavy atom. The Bertz CT molecular complexity index is 1070. The van der Waals surface area contributed by atoms with E-state index in [0.717, 1.165) is 44.4 Å². The molecule has 4 N–H and O–H groups in total. The van der Waals surface area contributed by atoms with Gasteiger partial charge in [-0.25, -0.2) is 4.57 Å². The van der Waals surface area contributed by atoms with E-state index in [4.69, 9.17) is 19.1 Å². The van der Waals surface area contributed by atoms with E-state index in [2.05, 4.69) is 42.7 Å². The summed E-state index contributed by atoms with van der Waals surface area (Å²) in [7, 11) is -4.63. The molecule has 0 saturated carbocycles. The molecule has 0 aromatic rings. The van der Waals surface area contributed by atoms with Crippen LogP contribution in [0.2, 0.25) is 0 Å². The fourth-order valence-electron chi connectivity index (χ4n) is 4.42. The number of rotatable bonds is 33. The summed E-state index contributed by atoms with van der Waals surface area (Å²) in [6.07, 6.45) is 30.3. The lowest BCUT2D eigenvalue weighted by Crippen LogP contribution is -2.29. The molecular formula is C39H67O11P. The maximum atomic E-state index is 12.5. The number of phosphoric acid groups is 1. The van der Waals surface area contributed by atoms with Crippen LogP contribution in [-0.4, -0.2) is 76.9 Å². The molecule has 5 atom stereocenters. The predicted octanol–water partition coefficient (Wildman–Crippen LogP) is 7.99. The van der Waals surface area contributed by atoms with Gasteiger partial charge in [0.25, 0.3) is 0 Å². The molecule has 0 saturated heterocycles. The molecule has 2 unspecified atom stereocenters. The maximum absolute atomic E-state index is 12.5. The highest BCUT2D eigenvalue weighted by atomic mass is 31.2. The smallest absolute Gasteiger partial charge is 0.462 e. The molecule has 51 heavy (non-hydrogen) atoms. The van der Waals surface area contributed by atoms with Crippen molar-refractivity contribution >= 4 is 19.8 Å². The van der Waals surface area contributed by atoms with Gasteiger partial charge in [0.15, 0.2) is 6.10 Å². The van der Waals surface area contributed by atoms with Crippen LogP contribution in [0.1, 0.15) is 124 Å². The van der Waals surface area contributed by atoms with E-state index in [0.29, 0.717) is 25.7 Å². The second-order valence-corrected chi connectivity index (χ2v) is 14.1. The van der Waals surface area contributed by atoms with Crippen molar-refractivity contribution in [1.82, 2.24) is 0 Å². The summed E-state index contributed by atoms with van der Waals surface area (Å²) in [5.74, 6) is -0.269. The second-order valence-electron chi connectivity index (χ2n) is 12.7. The van der Waals surface area contributed by atoms with Gasteiger partial charge < -0.3 is 29.7 Å². The zero-order valence-corrected chi connectivity index (χ0v) is 32.2. The van der Waals surface area contributed by atoms with Gasteiger partial charge in [-0.2, -0.15) is 0 Å². The molecule has 294 valence electrons. The normalized spacial score (nSPS) is 16.0. The highest BCUT2D eigenvalue weighted by Gasteiger charge is 2.27. The molecule has 0 bridgehead atoms. The Balaban J connectivity index is 4.50. The highest BCUT2D eigenvalue weighted by Crippen LogP contribution is 2.43. The van der Waals surface area contributed by atoms with E-state index in [1.807, 2.05) is 37.3 Å². The molecule has 0 aromatic heterocycles. The van der Waals surface area contributed by atoms with E-state index < -0.39 is 51.8 Å². The van der Waals surface area contributed by atoms with Gasteiger partial charge in [0.1, 0.15) is 12.7 Å². The van der Waals surface area contributed by atoms with Crippen molar-refractivity contribution in [3.63, 3.8) is 0 Å². The van der Waals surface area contributed by atoms with Crippen LogP contribution in [0.25, 0.3) is 0 Å². The molecule has 0 aliphatic rings. The average molecular weight is 743 g/mol. The van der Waals surface area contributed by atoms with Gasteiger partial charge >= 0.3 is 19.8 Å². The first-order valence-electron chi connectivity index (χ1n) is 18.7. The van der Waals surface area contributed by atoms with Gasteiger partial charge in [0.2, 0.25) is 0 Å². The van der Waals surface area contributed by atoms with Gasteiger partial charge in [-0.05, 0) is 50.9 Å². The van der Waals surface area contributed by atoms with Crippen molar-refractivity contribution in [3.8, 4) is 0 Å². The summed E-state index contributed by atoms with van der Waals surface area (Å²) in [6.45, 7) is 4.19. The van der Waals surface area contributed by atoms with Crippen LogP contribution >= 0.6 is 7.82 Å². The number of unbranched alkanes of at least 4 members (excludes halogenated alkanes) is 6. The molecule has 0 heterocycles. The third-order valence-corrected chi connectivity index (χ3v) is 8.84. The number of carbonyl (C=O) groups is 2. The molecule has 0 rings (SSSR count). The van der Waals surface area contributed by atoms with Crippen molar-refractivity contribution in [1.29, 1.82) is 0 Å². The van der Waals surface area contributed by atoms with Crippen LogP contribution in [0.3, 0.4) is 0 Å². The first-order chi connectivity index (χ1) is 24.5. The molecule has 0 aliphatic carbocycles. The molecule has 0 spiro atoms. The third kappa shape index (κ3) is 33.2. The summed E-state index contributed by atoms with van der Waals surface area (Å²) < 4.78 is 32.5. The molecule has 0 radical (unpaired) electrons. The van der Waals surface area contributed by atoms with Crippen LogP contribution in [-0.2, 0) is 32.7 Å². The molecule has 0 amide bonds. The molecule has 0 aliphatic heterocycles. The lowest BCUT2D eigenvalue weighted by molar-refractivity contribution is -0.161. The van der Waals surface area contributed by atoms with Crippen molar-refractivity contribution in [2.75, 3.05) is 26.4 Å². The zero-order valence-electron chi connectivity index (χ0n) is 31.3. The number of aliphatic hydroxyl groups excluding tert-OH is 3. The summed E-state index contributed by atoms with van der Waals surface area (Å²) >= 11 is 0. The van der Waals surface area contributed by atoms with Crippen LogP contribution < -0.4 is 0 Å². The first kappa shape index (κ1) is 48.6. The largest absolute Gasteiger partial charge is 0.472 e. The summed E-state index contributed by atoms with van der Waals surface area (Å²) in [5.41, 5.74) is 0. The summed E-state index contributed by atoms with van der Waals surface area (Å²) in [5, 5.41) is 27.7. The van der Waals surface area contributed by atoms with Crippen molar-refractivity contribution < 1.29 is 52.9 Å². The number of carbonyl (C=O) groups excluding carboxylic acids is 2. The maximum Gasteiger partial charge on any atom is 0.472 e. The van der Waals surface area contributed by atoms with E-state index in [1.165, 1.54) is 25.7 Å². The second kappa shape index (κ2) is 33.5. The monoisotopic (exact) mass is 742 g/mol. The predicted molar refractivity (Wildman–Crippen MR) is 202 cm³/mol. The minimum Gasteiger partial charge on any atom is -0.462 e. The first-order valence-corrected chi connectivity index (χ1v) is 20.2. The lowest BCUT2D eigenvalue weighted by Gasteiger charge is -2.20. The van der Waals surface area contributed by atoms with Gasteiger partial charge in [0, 0.05) is 12.8 Å². The number of esters is 2. The SMILES string of the molecule is CCC(C)CCCCCCCCC(=O)O[C@H](COC(=O)CCC/C=C\C/C=C\C/C=C\C/C=C\C=C\[C@@H](O)CC)COP(=O)(O)OC[C@@H](O)CO. The van der Waals surface area contributed by atoms with E-state index >= 15 is 0 Å². The lowest BCUT2D eigenvalue weighted by atomic mass is 10.00. The quantitative estimate of drug-likeness (QED) is 0.0169. The summed E-state index contributed by atoms with van der Waals surface area (Å²) in [6, 6.07) is 0. The van der Waals surface area contributed by atoms with Crippen LogP contribution in [0.15, 0.2) is 60.8 Å². The fraction of sp³-hybridized carbons (Fsp3) is 0.692. The minimum absolute atomic E-state index is 0.147. The Kier molecular flexibility index (Phi) is 31.9. The number of ether oxygens (including phenoxy) is 2. The average Bonchev–Trinajstić information content (AvgIpc) is 3.12. The third-order valence-electron chi connectivity index (χ3n) is 7.88. The number of phosphoric ester groups is 1. The molecule has 0 aromatic carbocycles. The van der Waals surface area contributed by atoms with Gasteiger partial charge in [-0.3, -0.25) is 18.6 Å². The summed E-state index contributed by atoms with van der Waals surface area (Å²) in [4.78, 5) is 34.7. The van der Waals surface area contributed by atoms with Crippen molar-refractivity contribution in [3.05, 3.63) is 60.8 Å². The van der Waals surface area contributed by atoms with Crippen molar-refractivity contribution in [2.45, 2.75) is 142 Å². The number of aliphatic hydroxyl groups is 3. The van der Waals surface area contributed by atoms with Crippen LogP contribution in [0.5, 0.6) is 0 Å². The van der Waals surface area contributed by atoms with Gasteiger partial charge in [-0.1, -0.05) is 126 Å². The minimum atomic E-state index is -4.63. The Hall–Kier alpha value is -2.37. The van der Waals surface area contributed by atoms with Crippen molar-refractivity contribution in [2.24, 2.45) is 5.92 Å². The van der Waals surface area contributed by atoms with Gasteiger partial charge in [0.05, 0.1) is 25.9 Å². The van der Waals surface area contributed by atoms with Crippen LogP contribution in [0.4, 0.5) is 0 Å². The molecular weight excluding hydrogens is 675 g/mol. The number of hydrogen-bond acceptors (Lipinski definition) is 10. The topological polar surface area (TPSA) is 169 Å². The molecule has 0 fully saturated rings. The Morgan fingerprint density at radius 3 is 1.94 bits per heavy atom. The standard InChI is InChI=1S/C39H67O11P/c1-4-34(3)26-22-18-16-17-21-25-29-39(44)50-37(33-49-51(45,46)48-31-36(42)30-40)32-47-38(43)28-24-20-15-13-11-9-7-6-8-10-12-14-19-23-27-35(41)5-2/h7-10,13-15,19,23,27,34-37,40-42H,4-6,11-12,16-18,20-22,24-26,28-33H2,1-3H3,(H,45,46)/b9-7-,10-8-,15-13-,19-14-,27-23+/t34?,35-,36-,37+/m0/s1. The molecule has 12 heteroatoms. The van der Waals surface area contributed by atoms with E-state index in [9.17, 15) is 29.3 Å². The van der Waals surface area contributed by atoms with E-state index in [1.54, 1.807) is 6.08 Å². The Labute approximate surface area is 307 Å². The number of hydrogen-bond donors (Lipinski definition) is 4. The zero-order chi connectivity index (χ0) is 38.0.